The summed E-state index contributed by atoms with van der Waals surface area (Å²) in [6, 6.07) is -0.859. The summed E-state index contributed by atoms with van der Waals surface area (Å²) in [5.74, 6) is -0.301. The molecule has 9 nitrogen and oxygen atoms in total. The van der Waals surface area contributed by atoms with E-state index >= 15 is 0 Å². The van der Waals surface area contributed by atoms with Crippen LogP contribution in [0.25, 0.3) is 0 Å². The lowest BCUT2D eigenvalue weighted by Gasteiger charge is -2.29. The molecule has 122 valence electrons. The van der Waals surface area contributed by atoms with Gasteiger partial charge >= 0.3 is 16.3 Å². The summed E-state index contributed by atoms with van der Waals surface area (Å²) < 4.78 is 32.2. The predicted molar refractivity (Wildman–Crippen MR) is 76.0 cm³/mol. The summed E-state index contributed by atoms with van der Waals surface area (Å²) >= 11 is 0. The number of carbonyl (C=O) groups is 1. The zero-order valence-electron chi connectivity index (χ0n) is 11.9. The van der Waals surface area contributed by atoms with Crippen molar-refractivity contribution in [3.05, 3.63) is 0 Å². The molecule has 0 aliphatic heterocycles. The van der Waals surface area contributed by atoms with E-state index < -0.39 is 22.3 Å². The number of rotatable bonds is 6. The summed E-state index contributed by atoms with van der Waals surface area (Å²) in [5, 5.41) is 11.7. The third kappa shape index (κ3) is 5.76. The van der Waals surface area contributed by atoms with Gasteiger partial charge in [-0.15, -0.1) is 0 Å². The van der Waals surface area contributed by atoms with E-state index in [1.807, 2.05) is 0 Å². The van der Waals surface area contributed by atoms with E-state index in [1.54, 1.807) is 11.6 Å². The van der Waals surface area contributed by atoms with Crippen molar-refractivity contribution in [1.82, 2.24) is 9.44 Å². The molecule has 0 aromatic rings. The van der Waals surface area contributed by atoms with Gasteiger partial charge in [0.15, 0.2) is 5.84 Å². The third-order valence-corrected chi connectivity index (χ3v) is 4.33. The molecule has 0 aromatic carbocycles. The minimum atomic E-state index is -4.15. The second-order valence-corrected chi connectivity index (χ2v) is 6.29. The summed E-state index contributed by atoms with van der Waals surface area (Å²) in [6.45, 7) is 1.61. The number of ether oxygens (including phenoxy) is 1. The van der Waals surface area contributed by atoms with Gasteiger partial charge in [0.1, 0.15) is 0 Å². The van der Waals surface area contributed by atoms with E-state index in [4.69, 9.17) is 10.9 Å². The lowest BCUT2D eigenvalue weighted by atomic mass is 9.84. The summed E-state index contributed by atoms with van der Waals surface area (Å²) in [6.07, 6.45) is 3.44. The Kier molecular flexibility index (Phi) is 6.69. The largest absolute Gasteiger partial charge is 0.449 e. The van der Waals surface area contributed by atoms with Crippen molar-refractivity contribution in [2.75, 3.05) is 6.61 Å². The number of hydrogen-bond acceptors (Lipinski definition) is 6. The molecule has 0 spiro atoms. The molecule has 21 heavy (non-hydrogen) atoms. The lowest BCUT2D eigenvalue weighted by Crippen LogP contribution is -2.53. The van der Waals surface area contributed by atoms with Gasteiger partial charge < -0.3 is 15.7 Å². The molecule has 1 rings (SSSR count). The number of nitrogens with two attached hydrogens (primary N) is 1. The maximum absolute atomic E-state index is 11.9. The Labute approximate surface area is 124 Å². The molecule has 10 heteroatoms. The number of amidine groups is 1. The minimum Gasteiger partial charge on any atom is -0.449 e. The highest BCUT2D eigenvalue weighted by atomic mass is 32.2. The van der Waals surface area contributed by atoms with E-state index in [-0.39, 0.29) is 18.4 Å². The summed E-state index contributed by atoms with van der Waals surface area (Å²) in [5.41, 5.74) is 5.57. The van der Waals surface area contributed by atoms with Gasteiger partial charge in [-0.1, -0.05) is 24.4 Å². The first-order valence-corrected chi connectivity index (χ1v) is 8.32. The molecule has 0 heterocycles. The maximum atomic E-state index is 11.9. The maximum Gasteiger partial charge on any atom is 0.421 e. The molecular formula is C11H22N4O5S. The molecule has 0 saturated heterocycles. The number of nitrogens with zero attached hydrogens (tertiary/aromatic N) is 1. The smallest absolute Gasteiger partial charge is 0.421 e. The van der Waals surface area contributed by atoms with Gasteiger partial charge in [0.05, 0.1) is 12.6 Å². The molecule has 5 N–H and O–H groups in total. The van der Waals surface area contributed by atoms with Crippen molar-refractivity contribution >= 4 is 22.1 Å². The van der Waals surface area contributed by atoms with E-state index in [2.05, 4.69) is 14.6 Å². The molecule has 1 aliphatic rings. The Morgan fingerprint density at radius 1 is 1.43 bits per heavy atom. The van der Waals surface area contributed by atoms with Gasteiger partial charge in [0.25, 0.3) is 0 Å². The topological polar surface area (TPSA) is 143 Å². The monoisotopic (exact) mass is 322 g/mol. The van der Waals surface area contributed by atoms with E-state index in [9.17, 15) is 13.2 Å². The zero-order chi connectivity index (χ0) is 15.9. The molecular weight excluding hydrogens is 300 g/mol. The summed E-state index contributed by atoms with van der Waals surface area (Å²) in [4.78, 5) is 11.2. The Bertz CT molecular complexity index is 473. The average Bonchev–Trinajstić information content (AvgIpc) is 2.44. The quantitative estimate of drug-likeness (QED) is 0.239. The first kappa shape index (κ1) is 17.5. The summed E-state index contributed by atoms with van der Waals surface area (Å²) in [7, 11) is -4.15. The van der Waals surface area contributed by atoms with Gasteiger partial charge in [0, 0.05) is 0 Å². The van der Waals surface area contributed by atoms with Gasteiger partial charge in [-0.05, 0) is 25.7 Å². The number of hydrogen-bond donors (Lipinski definition) is 4. The zero-order valence-corrected chi connectivity index (χ0v) is 12.7. The molecule has 1 unspecified atom stereocenters. The van der Waals surface area contributed by atoms with Crippen molar-refractivity contribution in [2.45, 2.75) is 45.1 Å². The van der Waals surface area contributed by atoms with Crippen LogP contribution in [-0.2, 0) is 14.9 Å². The highest BCUT2D eigenvalue weighted by Gasteiger charge is 2.31. The molecule has 0 radical (unpaired) electrons. The SMILES string of the molecule is CCOC(=O)NS(=O)(=O)NC(C(N)=NO)C1CCCCC1. The molecule has 0 bridgehead atoms. The van der Waals surface area contributed by atoms with E-state index in [0.29, 0.717) is 0 Å². The van der Waals surface area contributed by atoms with Crippen LogP contribution in [0.4, 0.5) is 4.79 Å². The molecule has 1 aliphatic carbocycles. The van der Waals surface area contributed by atoms with Crippen LogP contribution in [0.3, 0.4) is 0 Å². The third-order valence-electron chi connectivity index (χ3n) is 3.33. The van der Waals surface area contributed by atoms with Gasteiger partial charge in [-0.3, -0.25) is 0 Å². The van der Waals surface area contributed by atoms with Crippen LogP contribution in [0.1, 0.15) is 39.0 Å². The molecule has 1 fully saturated rings. The fourth-order valence-corrected chi connectivity index (χ4v) is 3.38. The molecule has 1 amide bonds. The first-order valence-electron chi connectivity index (χ1n) is 6.84. The second kappa shape index (κ2) is 8.03. The van der Waals surface area contributed by atoms with Crippen molar-refractivity contribution in [2.24, 2.45) is 16.8 Å². The Morgan fingerprint density at radius 3 is 2.57 bits per heavy atom. The van der Waals surface area contributed by atoms with Crippen LogP contribution in [0, 0.1) is 5.92 Å². The highest BCUT2D eigenvalue weighted by molar-refractivity contribution is 7.88. The first-order chi connectivity index (χ1) is 9.89. The Morgan fingerprint density at radius 2 is 2.05 bits per heavy atom. The standard InChI is InChI=1S/C11H22N4O5S/c1-2-20-11(16)15-21(18,19)14-9(10(12)13-17)8-6-4-3-5-7-8/h8-9,14,17H,2-7H2,1H3,(H2,12,13)(H,15,16). The fraction of sp³-hybridized carbons (Fsp3) is 0.818. The Balaban J connectivity index is 2.77. The number of amides is 1. The van der Waals surface area contributed by atoms with Gasteiger partial charge in [0.2, 0.25) is 0 Å². The van der Waals surface area contributed by atoms with Crippen LogP contribution < -0.4 is 15.2 Å². The molecule has 1 saturated carbocycles. The van der Waals surface area contributed by atoms with Crippen LogP contribution >= 0.6 is 0 Å². The van der Waals surface area contributed by atoms with Crippen molar-refractivity contribution in [3.63, 3.8) is 0 Å². The van der Waals surface area contributed by atoms with Crippen LogP contribution in [0.5, 0.6) is 0 Å². The lowest BCUT2D eigenvalue weighted by molar-refractivity contribution is 0.158. The van der Waals surface area contributed by atoms with Gasteiger partial charge in [-0.25, -0.2) is 9.52 Å². The second-order valence-electron chi connectivity index (χ2n) is 4.84. The van der Waals surface area contributed by atoms with Gasteiger partial charge in [-0.2, -0.15) is 13.1 Å². The van der Waals surface area contributed by atoms with Crippen LogP contribution in [0.15, 0.2) is 5.16 Å². The minimum absolute atomic E-state index is 0.0493. The number of carbonyl (C=O) groups excluding carboxylic acids is 1. The van der Waals surface area contributed by atoms with Crippen LogP contribution in [-0.4, -0.2) is 38.2 Å². The normalized spacial score (nSPS) is 19.0. The van der Waals surface area contributed by atoms with Crippen LogP contribution in [0.2, 0.25) is 0 Å². The molecule has 1 atom stereocenters. The van der Waals surface area contributed by atoms with E-state index in [1.165, 1.54) is 0 Å². The molecule has 0 aromatic heterocycles. The van der Waals surface area contributed by atoms with Crippen molar-refractivity contribution < 1.29 is 23.2 Å². The predicted octanol–water partition coefficient (Wildman–Crippen LogP) is 0.262. The Hall–Kier alpha value is -1.55. The number of nitrogens with one attached hydrogen (secondary N) is 2. The van der Waals surface area contributed by atoms with Crippen molar-refractivity contribution in [3.8, 4) is 0 Å². The van der Waals surface area contributed by atoms with Crippen molar-refractivity contribution in [1.29, 1.82) is 0 Å². The highest BCUT2D eigenvalue weighted by Crippen LogP contribution is 2.26. The number of oxime groups is 1. The fourth-order valence-electron chi connectivity index (χ4n) is 2.39. The average molecular weight is 322 g/mol. The van der Waals surface area contributed by atoms with E-state index in [0.717, 1.165) is 32.1 Å².